The monoisotopic (exact) mass is 265 g/mol. The van der Waals surface area contributed by atoms with Gasteiger partial charge in [0.15, 0.2) is 6.10 Å². The van der Waals surface area contributed by atoms with Crippen molar-refractivity contribution in [2.75, 3.05) is 4.90 Å². The maximum atomic E-state index is 12.1. The number of carboxylic acids is 1. The number of aliphatic carboxylic acids is 1. The van der Waals surface area contributed by atoms with E-state index in [-0.39, 0.29) is 12.5 Å². The van der Waals surface area contributed by atoms with Crippen molar-refractivity contribution in [3.05, 3.63) is 23.8 Å². The second-order valence-electron chi connectivity index (χ2n) is 4.44. The zero-order valence-electron chi connectivity index (χ0n) is 10.7. The number of carbonyl (C=O) groups excluding carboxylic acids is 1. The number of amides is 1. The zero-order valence-corrected chi connectivity index (χ0v) is 10.7. The highest BCUT2D eigenvalue weighted by atomic mass is 16.5. The lowest BCUT2D eigenvalue weighted by Crippen LogP contribution is -2.51. The van der Waals surface area contributed by atoms with E-state index in [2.05, 4.69) is 0 Å². The average Bonchev–Trinajstić information content (AvgIpc) is 2.39. The van der Waals surface area contributed by atoms with E-state index in [0.29, 0.717) is 17.0 Å². The number of carboxylic acid groups (broad SMARTS) is 1. The minimum atomic E-state index is -1.08. The third-order valence-electron chi connectivity index (χ3n) is 3.10. The SMILES string of the molecule is CC1Oc2cc(CO)ccc2N(C(C)C(=O)O)C1=O. The lowest BCUT2D eigenvalue weighted by molar-refractivity contribution is -0.140. The fourth-order valence-corrected chi connectivity index (χ4v) is 2.02. The Morgan fingerprint density at radius 2 is 2.21 bits per heavy atom. The molecule has 2 unspecified atom stereocenters. The largest absolute Gasteiger partial charge is 0.480 e. The Hall–Kier alpha value is -2.08. The summed E-state index contributed by atoms with van der Waals surface area (Å²) in [5.41, 5.74) is 1.05. The summed E-state index contributed by atoms with van der Waals surface area (Å²) in [7, 11) is 0. The van der Waals surface area contributed by atoms with Crippen molar-refractivity contribution < 1.29 is 24.5 Å². The van der Waals surface area contributed by atoms with Crippen molar-refractivity contribution in [2.24, 2.45) is 0 Å². The number of aliphatic hydroxyl groups excluding tert-OH is 1. The molecule has 0 saturated carbocycles. The van der Waals surface area contributed by atoms with Crippen LogP contribution < -0.4 is 9.64 Å². The second kappa shape index (κ2) is 4.89. The fraction of sp³-hybridized carbons (Fsp3) is 0.385. The number of aliphatic hydroxyl groups is 1. The van der Waals surface area contributed by atoms with E-state index in [1.54, 1.807) is 25.1 Å². The first-order chi connectivity index (χ1) is 8.95. The molecule has 1 aromatic rings. The lowest BCUT2D eigenvalue weighted by atomic mass is 10.1. The molecule has 0 fully saturated rings. The van der Waals surface area contributed by atoms with Gasteiger partial charge in [-0.3, -0.25) is 9.69 Å². The third kappa shape index (κ3) is 2.26. The van der Waals surface area contributed by atoms with Gasteiger partial charge >= 0.3 is 5.97 Å². The Morgan fingerprint density at radius 1 is 1.53 bits per heavy atom. The summed E-state index contributed by atoms with van der Waals surface area (Å²) in [5, 5.41) is 18.2. The topological polar surface area (TPSA) is 87.1 Å². The smallest absolute Gasteiger partial charge is 0.326 e. The molecule has 1 aromatic carbocycles. The van der Waals surface area contributed by atoms with E-state index >= 15 is 0 Å². The maximum Gasteiger partial charge on any atom is 0.326 e. The predicted octanol–water partition coefficient (Wildman–Crippen LogP) is 0.766. The predicted molar refractivity (Wildman–Crippen MR) is 67.0 cm³/mol. The highest BCUT2D eigenvalue weighted by molar-refractivity contribution is 6.04. The van der Waals surface area contributed by atoms with E-state index in [1.165, 1.54) is 11.8 Å². The number of benzene rings is 1. The molecule has 0 bridgehead atoms. The van der Waals surface area contributed by atoms with Crippen molar-refractivity contribution in [2.45, 2.75) is 32.6 Å². The third-order valence-corrected chi connectivity index (χ3v) is 3.10. The van der Waals surface area contributed by atoms with Gasteiger partial charge in [-0.15, -0.1) is 0 Å². The number of ether oxygens (including phenoxy) is 1. The van der Waals surface area contributed by atoms with E-state index in [9.17, 15) is 9.59 Å². The number of carbonyl (C=O) groups is 2. The van der Waals surface area contributed by atoms with E-state index in [0.717, 1.165) is 0 Å². The Labute approximate surface area is 110 Å². The van der Waals surface area contributed by atoms with E-state index < -0.39 is 18.1 Å². The molecule has 102 valence electrons. The minimum Gasteiger partial charge on any atom is -0.480 e. The molecule has 0 radical (unpaired) electrons. The van der Waals surface area contributed by atoms with Crippen LogP contribution in [0, 0.1) is 0 Å². The summed E-state index contributed by atoms with van der Waals surface area (Å²) < 4.78 is 5.45. The molecule has 2 atom stereocenters. The summed E-state index contributed by atoms with van der Waals surface area (Å²) in [5.74, 6) is -1.06. The fourth-order valence-electron chi connectivity index (χ4n) is 2.02. The summed E-state index contributed by atoms with van der Waals surface area (Å²) >= 11 is 0. The van der Waals surface area contributed by atoms with Gasteiger partial charge in [0, 0.05) is 0 Å². The van der Waals surface area contributed by atoms with Gasteiger partial charge in [-0.05, 0) is 31.5 Å². The van der Waals surface area contributed by atoms with Crippen LogP contribution in [0.15, 0.2) is 18.2 Å². The number of fused-ring (bicyclic) bond motifs is 1. The first-order valence-electron chi connectivity index (χ1n) is 5.92. The van der Waals surface area contributed by atoms with Crippen LogP contribution in [0.5, 0.6) is 5.75 Å². The maximum absolute atomic E-state index is 12.1. The molecule has 6 heteroatoms. The molecule has 0 spiro atoms. The van der Waals surface area contributed by atoms with E-state index in [1.807, 2.05) is 0 Å². The van der Waals surface area contributed by atoms with Crippen LogP contribution in [0.2, 0.25) is 0 Å². The number of anilines is 1. The van der Waals surface area contributed by atoms with Crippen LogP contribution in [0.4, 0.5) is 5.69 Å². The van der Waals surface area contributed by atoms with Gasteiger partial charge in [-0.2, -0.15) is 0 Å². The molecule has 0 saturated heterocycles. The summed E-state index contributed by atoms with van der Waals surface area (Å²) in [6, 6.07) is 3.86. The molecular formula is C13H15NO5. The average molecular weight is 265 g/mol. The van der Waals surface area contributed by atoms with Crippen molar-refractivity contribution in [1.29, 1.82) is 0 Å². The van der Waals surface area contributed by atoms with Crippen LogP contribution in [0.25, 0.3) is 0 Å². The standard InChI is InChI=1S/C13H15NO5/c1-7(13(17)18)14-10-4-3-9(6-15)5-11(10)19-8(2)12(14)16/h3-5,7-8,15H,6H2,1-2H3,(H,17,18). The molecule has 1 amide bonds. The first-order valence-corrected chi connectivity index (χ1v) is 5.92. The molecular weight excluding hydrogens is 250 g/mol. The molecule has 1 aliphatic rings. The quantitative estimate of drug-likeness (QED) is 0.842. The molecule has 1 aliphatic heterocycles. The van der Waals surface area contributed by atoms with Crippen LogP contribution >= 0.6 is 0 Å². The number of rotatable bonds is 3. The van der Waals surface area contributed by atoms with Crippen molar-refractivity contribution in [3.8, 4) is 5.75 Å². The molecule has 1 heterocycles. The molecule has 0 aromatic heterocycles. The molecule has 2 N–H and O–H groups in total. The van der Waals surface area contributed by atoms with Crippen LogP contribution in [-0.4, -0.2) is 34.2 Å². The molecule has 19 heavy (non-hydrogen) atoms. The van der Waals surface area contributed by atoms with Gasteiger partial charge in [0.05, 0.1) is 12.3 Å². The van der Waals surface area contributed by atoms with Crippen LogP contribution in [0.3, 0.4) is 0 Å². The van der Waals surface area contributed by atoms with Gasteiger partial charge in [-0.1, -0.05) is 6.07 Å². The highest BCUT2D eigenvalue weighted by Crippen LogP contribution is 2.36. The molecule has 2 rings (SSSR count). The van der Waals surface area contributed by atoms with Gasteiger partial charge in [-0.25, -0.2) is 4.79 Å². The number of nitrogens with zero attached hydrogens (tertiary/aromatic N) is 1. The summed E-state index contributed by atoms with van der Waals surface area (Å²) in [4.78, 5) is 24.4. The Balaban J connectivity index is 2.50. The summed E-state index contributed by atoms with van der Waals surface area (Å²) in [6.45, 7) is 2.87. The van der Waals surface area contributed by atoms with Crippen LogP contribution in [-0.2, 0) is 16.2 Å². The van der Waals surface area contributed by atoms with Crippen molar-refractivity contribution in [1.82, 2.24) is 0 Å². The van der Waals surface area contributed by atoms with Crippen LogP contribution in [0.1, 0.15) is 19.4 Å². The first kappa shape index (κ1) is 13.4. The second-order valence-corrected chi connectivity index (χ2v) is 4.44. The van der Waals surface area contributed by atoms with Gasteiger partial charge in [0.1, 0.15) is 11.8 Å². The van der Waals surface area contributed by atoms with Gasteiger partial charge in [0.25, 0.3) is 5.91 Å². The van der Waals surface area contributed by atoms with E-state index in [4.69, 9.17) is 14.9 Å². The lowest BCUT2D eigenvalue weighted by Gasteiger charge is -2.35. The normalized spacial score (nSPS) is 19.6. The number of hydrogen-bond donors (Lipinski definition) is 2. The molecule has 6 nitrogen and oxygen atoms in total. The Bertz CT molecular complexity index is 528. The van der Waals surface area contributed by atoms with Crippen molar-refractivity contribution in [3.63, 3.8) is 0 Å². The summed E-state index contributed by atoms with van der Waals surface area (Å²) in [6.07, 6.45) is -0.747. The number of hydrogen-bond acceptors (Lipinski definition) is 4. The van der Waals surface area contributed by atoms with Crippen molar-refractivity contribution >= 4 is 17.6 Å². The zero-order chi connectivity index (χ0) is 14.2. The van der Waals surface area contributed by atoms with Gasteiger partial charge < -0.3 is 14.9 Å². The highest BCUT2D eigenvalue weighted by Gasteiger charge is 2.37. The van der Waals surface area contributed by atoms with Gasteiger partial charge in [0.2, 0.25) is 0 Å². The molecule has 0 aliphatic carbocycles. The minimum absolute atomic E-state index is 0.145. The Morgan fingerprint density at radius 3 is 2.79 bits per heavy atom. The Kier molecular flexibility index (Phi) is 3.44.